The third-order valence-corrected chi connectivity index (χ3v) is 8.92. The van der Waals surface area contributed by atoms with E-state index in [4.69, 9.17) is 0 Å². The smallest absolute Gasteiger partial charge is 0.282 e. The summed E-state index contributed by atoms with van der Waals surface area (Å²) in [6.07, 6.45) is 1.34. The van der Waals surface area contributed by atoms with Crippen LogP contribution in [-0.2, 0) is 4.79 Å². The number of hydrogen-bond acceptors (Lipinski definition) is 9. The lowest BCUT2D eigenvalue weighted by molar-refractivity contribution is -0.131. The fraction of sp³-hybridized carbons (Fsp3) is 0.351. The van der Waals surface area contributed by atoms with Gasteiger partial charge < -0.3 is 25.1 Å². The minimum absolute atomic E-state index is 0.0298. The number of hydrogen-bond donors (Lipinski definition) is 2. The van der Waals surface area contributed by atoms with E-state index in [9.17, 15) is 24.3 Å². The average molecular weight is 717 g/mol. The number of nitrogens with zero attached hydrogens (tertiary/aromatic N) is 7. The fourth-order valence-corrected chi connectivity index (χ4v) is 6.46. The van der Waals surface area contributed by atoms with E-state index in [2.05, 4.69) is 21.9 Å². The second kappa shape index (κ2) is 15.2. The van der Waals surface area contributed by atoms with E-state index in [1.165, 1.54) is 12.1 Å². The number of phenolic OH excluding ortho intramolecular Hbond substituents is 1. The van der Waals surface area contributed by atoms with Gasteiger partial charge in [-0.2, -0.15) is 5.26 Å². The molecule has 1 fully saturated rings. The minimum Gasteiger partial charge on any atom is -0.507 e. The standard InChI is InChI=1S/C37H39F3N8O4/c1-20(2)30-32(21(3)11-13-42-30)48-34-24(18-26(40)31(44-34)28-25(39)8-7-9-27(28)49)33(29(37(48)52)35(50)43-14-15-45(5)6)46-16-17-47(36(51)22(4)38)23(19-46)10-12-41/h7-9,11,13,18,20,23,49H,4,10,14-17,19H2,1-3,5-6H3,(H,43,50)/t23-/m0/s1. The molecular formula is C37H39F3N8O4. The van der Waals surface area contributed by atoms with Crippen molar-refractivity contribution >= 4 is 28.5 Å². The molecule has 12 nitrogen and oxygen atoms in total. The summed E-state index contributed by atoms with van der Waals surface area (Å²) in [4.78, 5) is 55.6. The normalized spacial score (nSPS) is 14.6. The Balaban J connectivity index is 1.92. The van der Waals surface area contributed by atoms with Crippen LogP contribution >= 0.6 is 0 Å². The molecule has 1 saturated heterocycles. The molecule has 4 aromatic rings. The molecule has 0 bridgehead atoms. The number of pyridine rings is 3. The Morgan fingerprint density at radius 3 is 2.54 bits per heavy atom. The number of nitriles is 1. The number of phenols is 1. The summed E-state index contributed by atoms with van der Waals surface area (Å²) in [6, 6.07) is 7.23. The molecule has 272 valence electrons. The summed E-state index contributed by atoms with van der Waals surface area (Å²) in [5, 5.41) is 23.0. The lowest BCUT2D eigenvalue weighted by Gasteiger charge is -2.42. The molecule has 1 aliphatic rings. The first kappa shape index (κ1) is 37.5. The summed E-state index contributed by atoms with van der Waals surface area (Å²) < 4.78 is 46.9. The predicted molar refractivity (Wildman–Crippen MR) is 190 cm³/mol. The monoisotopic (exact) mass is 716 g/mol. The van der Waals surface area contributed by atoms with Gasteiger partial charge >= 0.3 is 0 Å². The van der Waals surface area contributed by atoms with Gasteiger partial charge in [0.25, 0.3) is 17.4 Å². The number of aromatic nitrogens is 3. The number of piperazine rings is 1. The molecule has 0 unspecified atom stereocenters. The van der Waals surface area contributed by atoms with Crippen molar-refractivity contribution in [2.45, 2.75) is 39.2 Å². The van der Waals surface area contributed by atoms with Crippen LogP contribution in [0.5, 0.6) is 5.75 Å². The number of halogens is 3. The highest BCUT2D eigenvalue weighted by Crippen LogP contribution is 2.38. The van der Waals surface area contributed by atoms with Gasteiger partial charge in [-0.1, -0.05) is 26.5 Å². The van der Waals surface area contributed by atoms with Crippen LogP contribution in [0.1, 0.15) is 47.8 Å². The van der Waals surface area contributed by atoms with Crippen LogP contribution in [-0.4, -0.2) is 94.1 Å². The quantitative estimate of drug-likeness (QED) is 0.225. The van der Waals surface area contributed by atoms with Gasteiger partial charge in [-0.05, 0) is 56.8 Å². The molecule has 52 heavy (non-hydrogen) atoms. The van der Waals surface area contributed by atoms with Crippen molar-refractivity contribution in [1.29, 1.82) is 5.26 Å². The van der Waals surface area contributed by atoms with Crippen LogP contribution < -0.4 is 15.8 Å². The van der Waals surface area contributed by atoms with Crippen molar-refractivity contribution in [2.24, 2.45) is 0 Å². The molecule has 0 aliphatic carbocycles. The molecule has 15 heteroatoms. The Hall–Kier alpha value is -5.75. The van der Waals surface area contributed by atoms with Crippen molar-refractivity contribution in [3.05, 3.63) is 87.7 Å². The van der Waals surface area contributed by atoms with Gasteiger partial charge in [0.2, 0.25) is 0 Å². The zero-order chi connectivity index (χ0) is 38.0. The van der Waals surface area contributed by atoms with Gasteiger partial charge in [0, 0.05) is 44.3 Å². The van der Waals surface area contributed by atoms with Crippen LogP contribution in [0.3, 0.4) is 0 Å². The molecule has 3 aromatic heterocycles. The highest BCUT2D eigenvalue weighted by atomic mass is 19.1. The highest BCUT2D eigenvalue weighted by Gasteiger charge is 2.36. The second-order valence-electron chi connectivity index (χ2n) is 13.1. The number of rotatable bonds is 10. The molecule has 2 N–H and O–H groups in total. The van der Waals surface area contributed by atoms with Crippen molar-refractivity contribution in [2.75, 3.05) is 51.7 Å². The summed E-state index contributed by atoms with van der Waals surface area (Å²) in [7, 11) is 3.61. The molecule has 4 heterocycles. The third kappa shape index (κ3) is 7.06. The number of benzene rings is 1. The van der Waals surface area contributed by atoms with Crippen molar-refractivity contribution in [3.8, 4) is 28.8 Å². The van der Waals surface area contributed by atoms with Crippen molar-refractivity contribution in [1.82, 2.24) is 29.7 Å². The third-order valence-electron chi connectivity index (χ3n) is 8.92. The van der Waals surface area contributed by atoms with E-state index >= 15 is 13.6 Å². The number of nitrogens with one attached hydrogen (secondary N) is 1. The van der Waals surface area contributed by atoms with Crippen LogP contribution in [0, 0.1) is 29.9 Å². The molecule has 0 radical (unpaired) electrons. The predicted octanol–water partition coefficient (Wildman–Crippen LogP) is 4.57. The number of amides is 2. The van der Waals surface area contributed by atoms with Crippen LogP contribution in [0.2, 0.25) is 0 Å². The second-order valence-corrected chi connectivity index (χ2v) is 13.1. The van der Waals surface area contributed by atoms with Crippen molar-refractivity contribution < 1.29 is 27.9 Å². The van der Waals surface area contributed by atoms with E-state index in [0.717, 1.165) is 21.6 Å². The summed E-state index contributed by atoms with van der Waals surface area (Å²) in [5.74, 6) is -5.87. The number of carbonyl (C=O) groups is 2. The first-order chi connectivity index (χ1) is 24.7. The summed E-state index contributed by atoms with van der Waals surface area (Å²) >= 11 is 0. The van der Waals surface area contributed by atoms with Gasteiger partial charge in [0.05, 0.1) is 41.2 Å². The lowest BCUT2D eigenvalue weighted by Crippen LogP contribution is -2.56. The first-order valence-corrected chi connectivity index (χ1v) is 16.6. The maximum Gasteiger partial charge on any atom is 0.282 e. The summed E-state index contributed by atoms with van der Waals surface area (Å²) in [5.41, 5.74) is -1.25. The SMILES string of the molecule is C=C(F)C(=O)N1CCN(c2c(C(=O)NCCN(C)C)c(=O)n(-c3c(C)ccnc3C(C)C)c3nc(-c4c(O)cccc4F)c(F)cc23)C[C@@H]1CC#N. The zero-order valence-electron chi connectivity index (χ0n) is 29.5. The van der Waals surface area contributed by atoms with Gasteiger partial charge in [-0.15, -0.1) is 0 Å². The minimum atomic E-state index is -1.21. The van der Waals surface area contributed by atoms with Gasteiger partial charge in [0.1, 0.15) is 22.8 Å². The Bertz CT molecular complexity index is 2160. The van der Waals surface area contributed by atoms with E-state index in [1.807, 2.05) is 24.8 Å². The topological polar surface area (TPSA) is 148 Å². The van der Waals surface area contributed by atoms with E-state index in [-0.39, 0.29) is 66.5 Å². The fourth-order valence-electron chi connectivity index (χ4n) is 6.46. The number of fused-ring (bicyclic) bond motifs is 1. The first-order valence-electron chi connectivity index (χ1n) is 16.6. The molecule has 5 rings (SSSR count). The Labute approximate surface area is 298 Å². The average Bonchev–Trinajstić information content (AvgIpc) is 3.08. The molecular weight excluding hydrogens is 677 g/mol. The Morgan fingerprint density at radius 1 is 1.17 bits per heavy atom. The molecule has 1 aliphatic heterocycles. The van der Waals surface area contributed by atoms with E-state index in [0.29, 0.717) is 17.8 Å². The van der Waals surface area contributed by atoms with Crippen LogP contribution in [0.25, 0.3) is 28.0 Å². The molecule has 0 spiro atoms. The number of aromatic hydroxyl groups is 1. The zero-order valence-corrected chi connectivity index (χ0v) is 29.5. The van der Waals surface area contributed by atoms with Gasteiger partial charge in [-0.25, -0.2) is 18.2 Å². The molecule has 1 atom stereocenters. The molecule has 2 amide bonds. The molecule has 0 saturated carbocycles. The maximum absolute atomic E-state index is 16.4. The van der Waals surface area contributed by atoms with Crippen LogP contribution in [0.4, 0.5) is 18.9 Å². The molecule has 1 aromatic carbocycles. The van der Waals surface area contributed by atoms with E-state index in [1.54, 1.807) is 38.2 Å². The van der Waals surface area contributed by atoms with Gasteiger partial charge in [-0.3, -0.25) is 23.9 Å². The number of carbonyl (C=O) groups excluding carboxylic acids is 2. The largest absolute Gasteiger partial charge is 0.507 e. The van der Waals surface area contributed by atoms with Crippen LogP contribution in [0.15, 0.2) is 53.7 Å². The lowest BCUT2D eigenvalue weighted by atomic mass is 10.0. The number of anilines is 1. The van der Waals surface area contributed by atoms with Gasteiger partial charge in [0.15, 0.2) is 17.3 Å². The Kier molecular flexibility index (Phi) is 11.0. The van der Waals surface area contributed by atoms with Crippen molar-refractivity contribution in [3.63, 3.8) is 0 Å². The number of aryl methyl sites for hydroxylation is 1. The maximum atomic E-state index is 16.4. The number of likely N-dealkylation sites (N-methyl/N-ethyl adjacent to an activating group) is 1. The van der Waals surface area contributed by atoms with E-state index < -0.39 is 57.9 Å². The summed E-state index contributed by atoms with van der Waals surface area (Å²) in [6.45, 7) is 8.79. The highest BCUT2D eigenvalue weighted by molar-refractivity contribution is 6.08. The Morgan fingerprint density at radius 2 is 1.90 bits per heavy atom.